The Hall–Kier alpha value is -1.99. The predicted octanol–water partition coefficient (Wildman–Crippen LogP) is 3.20. The highest BCUT2D eigenvalue weighted by atomic mass is 32.1. The molecule has 0 spiro atoms. The molecule has 24 heavy (non-hydrogen) atoms. The van der Waals surface area contributed by atoms with Gasteiger partial charge in [-0.3, -0.25) is 4.90 Å². The van der Waals surface area contributed by atoms with E-state index in [0.717, 1.165) is 54.9 Å². The predicted molar refractivity (Wildman–Crippen MR) is 90.7 cm³/mol. The van der Waals surface area contributed by atoms with Crippen LogP contribution in [0.5, 0.6) is 0 Å². The van der Waals surface area contributed by atoms with Crippen LogP contribution < -0.4 is 0 Å². The molecular formula is C17H19N5OS. The van der Waals surface area contributed by atoms with E-state index in [4.69, 9.17) is 9.40 Å². The molecule has 0 saturated heterocycles. The van der Waals surface area contributed by atoms with Crippen LogP contribution in [0.1, 0.15) is 41.9 Å². The van der Waals surface area contributed by atoms with E-state index in [9.17, 15) is 0 Å². The molecule has 0 amide bonds. The van der Waals surface area contributed by atoms with Crippen molar-refractivity contribution in [3.05, 3.63) is 39.9 Å². The maximum absolute atomic E-state index is 5.85. The molecular weight excluding hydrogens is 322 g/mol. The number of hydrogen-bond acceptors (Lipinski definition) is 6. The zero-order valence-electron chi connectivity index (χ0n) is 13.6. The number of fused-ring (bicyclic) bond motifs is 1. The quantitative estimate of drug-likeness (QED) is 0.729. The highest BCUT2D eigenvalue weighted by Gasteiger charge is 2.32. The van der Waals surface area contributed by atoms with Gasteiger partial charge >= 0.3 is 0 Å². The summed E-state index contributed by atoms with van der Waals surface area (Å²) in [6.07, 6.45) is 2.54. The minimum Gasteiger partial charge on any atom is -0.441 e. The van der Waals surface area contributed by atoms with E-state index in [1.807, 2.05) is 18.4 Å². The Labute approximate surface area is 144 Å². The minimum absolute atomic E-state index is 0.656. The van der Waals surface area contributed by atoms with Gasteiger partial charge in [-0.05, 0) is 31.2 Å². The monoisotopic (exact) mass is 341 g/mol. The summed E-state index contributed by atoms with van der Waals surface area (Å²) in [6, 6.07) is 2.04. The maximum Gasteiger partial charge on any atom is 0.227 e. The minimum atomic E-state index is 0.656. The smallest absolute Gasteiger partial charge is 0.227 e. The largest absolute Gasteiger partial charge is 0.441 e. The lowest BCUT2D eigenvalue weighted by Gasteiger charge is -2.27. The fraction of sp³-hybridized carbons (Fsp3) is 0.471. The number of thiophene rings is 1. The zero-order chi connectivity index (χ0) is 16.1. The Morgan fingerprint density at radius 2 is 2.21 bits per heavy atom. The molecule has 124 valence electrons. The molecule has 1 aliphatic carbocycles. The van der Waals surface area contributed by atoms with E-state index in [2.05, 4.69) is 25.0 Å². The van der Waals surface area contributed by atoms with E-state index in [-0.39, 0.29) is 0 Å². The van der Waals surface area contributed by atoms with Crippen LogP contribution in [0.25, 0.3) is 11.5 Å². The van der Waals surface area contributed by atoms with Crippen molar-refractivity contribution >= 4 is 11.3 Å². The number of oxazole rings is 1. The third kappa shape index (κ3) is 2.48. The average Bonchev–Trinajstić information content (AvgIpc) is 3.00. The van der Waals surface area contributed by atoms with Gasteiger partial charge in [0.25, 0.3) is 0 Å². The molecule has 2 aliphatic rings. The second kappa shape index (κ2) is 5.53. The van der Waals surface area contributed by atoms with Crippen LogP contribution in [-0.4, -0.2) is 31.2 Å². The topological polar surface area (TPSA) is 60.0 Å². The Balaban J connectivity index is 1.33. The molecule has 0 unspecified atom stereocenters. The van der Waals surface area contributed by atoms with E-state index >= 15 is 0 Å². The lowest BCUT2D eigenvalue weighted by Crippen LogP contribution is -2.34. The standard InChI is InChI=1S/C17H19N5OS/c1-11-14(18-17(23-11)13-4-7-24-10-13)8-21-5-6-22-15(9-21)19-20-16(22)12-2-3-12/h4,7,10,12H,2-3,5-6,8-9H2,1H3. The summed E-state index contributed by atoms with van der Waals surface area (Å²) >= 11 is 1.66. The summed E-state index contributed by atoms with van der Waals surface area (Å²) in [7, 11) is 0. The molecule has 0 bridgehead atoms. The van der Waals surface area contributed by atoms with Gasteiger partial charge in [-0.15, -0.1) is 10.2 Å². The van der Waals surface area contributed by atoms with Gasteiger partial charge in [0.2, 0.25) is 5.89 Å². The van der Waals surface area contributed by atoms with Crippen LogP contribution in [0.15, 0.2) is 21.2 Å². The summed E-state index contributed by atoms with van der Waals surface area (Å²) in [4.78, 5) is 7.08. The molecule has 1 aliphatic heterocycles. The zero-order valence-corrected chi connectivity index (χ0v) is 14.4. The molecule has 5 rings (SSSR count). The second-order valence-electron chi connectivity index (χ2n) is 6.64. The van der Waals surface area contributed by atoms with Crippen molar-refractivity contribution in [1.29, 1.82) is 0 Å². The molecule has 0 N–H and O–H groups in total. The summed E-state index contributed by atoms with van der Waals surface area (Å²) in [5, 5.41) is 12.9. The Morgan fingerprint density at radius 1 is 1.29 bits per heavy atom. The van der Waals surface area contributed by atoms with Crippen molar-refractivity contribution < 1.29 is 4.42 Å². The highest BCUT2D eigenvalue weighted by Crippen LogP contribution is 2.39. The van der Waals surface area contributed by atoms with Gasteiger partial charge in [0.05, 0.1) is 12.2 Å². The lowest BCUT2D eigenvalue weighted by atomic mass is 10.2. The lowest BCUT2D eigenvalue weighted by molar-refractivity contribution is 0.204. The number of aromatic nitrogens is 4. The van der Waals surface area contributed by atoms with Gasteiger partial charge in [0.15, 0.2) is 0 Å². The number of rotatable bonds is 4. The number of nitrogens with zero attached hydrogens (tertiary/aromatic N) is 5. The number of hydrogen-bond donors (Lipinski definition) is 0. The van der Waals surface area contributed by atoms with Crippen molar-refractivity contribution in [2.75, 3.05) is 6.54 Å². The first-order valence-electron chi connectivity index (χ1n) is 8.41. The Morgan fingerprint density at radius 3 is 3.00 bits per heavy atom. The van der Waals surface area contributed by atoms with E-state index in [1.165, 1.54) is 18.7 Å². The van der Waals surface area contributed by atoms with Crippen LogP contribution in [0.4, 0.5) is 0 Å². The van der Waals surface area contributed by atoms with Gasteiger partial charge in [-0.25, -0.2) is 4.98 Å². The van der Waals surface area contributed by atoms with Crippen molar-refractivity contribution in [2.24, 2.45) is 0 Å². The molecule has 6 nitrogen and oxygen atoms in total. The highest BCUT2D eigenvalue weighted by molar-refractivity contribution is 7.08. The Bertz CT molecular complexity index is 862. The molecule has 3 aromatic heterocycles. The number of aryl methyl sites for hydroxylation is 1. The summed E-state index contributed by atoms with van der Waals surface area (Å²) < 4.78 is 8.17. The van der Waals surface area contributed by atoms with Gasteiger partial charge in [-0.2, -0.15) is 11.3 Å². The molecule has 0 atom stereocenters. The van der Waals surface area contributed by atoms with Gasteiger partial charge in [0.1, 0.15) is 17.4 Å². The first kappa shape index (κ1) is 14.4. The van der Waals surface area contributed by atoms with Crippen molar-refractivity contribution in [3.63, 3.8) is 0 Å². The summed E-state index contributed by atoms with van der Waals surface area (Å²) in [5.41, 5.74) is 2.08. The van der Waals surface area contributed by atoms with Crippen molar-refractivity contribution in [3.8, 4) is 11.5 Å². The fourth-order valence-electron chi connectivity index (χ4n) is 3.30. The van der Waals surface area contributed by atoms with E-state index < -0.39 is 0 Å². The first-order chi connectivity index (χ1) is 11.8. The second-order valence-corrected chi connectivity index (χ2v) is 7.42. The Kier molecular flexibility index (Phi) is 3.31. The third-order valence-electron chi connectivity index (χ3n) is 4.84. The van der Waals surface area contributed by atoms with E-state index in [0.29, 0.717) is 5.92 Å². The van der Waals surface area contributed by atoms with Crippen LogP contribution in [0, 0.1) is 6.92 Å². The van der Waals surface area contributed by atoms with Crippen LogP contribution in [-0.2, 0) is 19.6 Å². The van der Waals surface area contributed by atoms with Crippen molar-refractivity contribution in [2.45, 2.75) is 45.3 Å². The van der Waals surface area contributed by atoms with Crippen LogP contribution in [0.2, 0.25) is 0 Å². The van der Waals surface area contributed by atoms with Crippen LogP contribution >= 0.6 is 11.3 Å². The third-order valence-corrected chi connectivity index (χ3v) is 5.52. The molecule has 7 heteroatoms. The van der Waals surface area contributed by atoms with Crippen LogP contribution in [0.3, 0.4) is 0 Å². The van der Waals surface area contributed by atoms with Gasteiger partial charge in [-0.1, -0.05) is 0 Å². The SMILES string of the molecule is Cc1oc(-c2ccsc2)nc1CN1CCn2c(nnc2C2CC2)C1. The normalized spacial score (nSPS) is 18.0. The molecule has 4 heterocycles. The summed E-state index contributed by atoms with van der Waals surface area (Å²) in [5.74, 6) is 4.56. The van der Waals surface area contributed by atoms with Gasteiger partial charge in [0, 0.05) is 36.5 Å². The molecule has 3 aromatic rings. The van der Waals surface area contributed by atoms with E-state index in [1.54, 1.807) is 11.3 Å². The average molecular weight is 341 g/mol. The van der Waals surface area contributed by atoms with Gasteiger partial charge < -0.3 is 8.98 Å². The fourth-order valence-corrected chi connectivity index (χ4v) is 3.93. The molecule has 0 aromatic carbocycles. The molecule has 1 saturated carbocycles. The first-order valence-corrected chi connectivity index (χ1v) is 9.35. The maximum atomic E-state index is 5.85. The molecule has 0 radical (unpaired) electrons. The summed E-state index contributed by atoms with van der Waals surface area (Å²) in [6.45, 7) is 5.61. The van der Waals surface area contributed by atoms with Crippen molar-refractivity contribution in [1.82, 2.24) is 24.6 Å². The molecule has 1 fully saturated rings.